The summed E-state index contributed by atoms with van der Waals surface area (Å²) in [6.45, 7) is 2.72. The van der Waals surface area contributed by atoms with Crippen molar-refractivity contribution >= 4 is 11.9 Å². The minimum Gasteiger partial charge on any atom is -0.469 e. The van der Waals surface area contributed by atoms with Crippen LogP contribution in [0.3, 0.4) is 0 Å². The zero-order valence-corrected chi connectivity index (χ0v) is 18.2. The Kier molecular flexibility index (Phi) is 5.99. The number of ether oxygens (including phenoxy) is 3. The van der Waals surface area contributed by atoms with Gasteiger partial charge in [0, 0.05) is 45.4 Å². The van der Waals surface area contributed by atoms with Gasteiger partial charge in [0.05, 0.1) is 19.3 Å². The van der Waals surface area contributed by atoms with Crippen molar-refractivity contribution in [2.24, 2.45) is 0 Å². The molecule has 0 aliphatic carbocycles. The second-order valence-electron chi connectivity index (χ2n) is 8.54. The second kappa shape index (κ2) is 8.93. The molecule has 2 aromatic heterocycles. The molecule has 0 unspecified atom stereocenters. The molecule has 0 bridgehead atoms. The summed E-state index contributed by atoms with van der Waals surface area (Å²) < 4.78 is 58.1. The van der Waals surface area contributed by atoms with Gasteiger partial charge in [0.1, 0.15) is 17.5 Å². The summed E-state index contributed by atoms with van der Waals surface area (Å²) in [5, 5.41) is 11.9. The van der Waals surface area contributed by atoms with Gasteiger partial charge in [-0.05, 0) is 19.3 Å². The van der Waals surface area contributed by atoms with Gasteiger partial charge >= 0.3 is 6.18 Å². The van der Waals surface area contributed by atoms with Gasteiger partial charge in [-0.1, -0.05) is 0 Å². The predicted molar refractivity (Wildman–Crippen MR) is 110 cm³/mol. The summed E-state index contributed by atoms with van der Waals surface area (Å²) in [6.07, 6.45) is -0.753. The van der Waals surface area contributed by atoms with Gasteiger partial charge in [0.15, 0.2) is 0 Å². The molecule has 0 amide bonds. The molecule has 2 saturated heterocycles. The number of hydrogen-bond acceptors (Lipinski definition) is 9. The molecule has 5 rings (SSSR count). The fourth-order valence-electron chi connectivity index (χ4n) is 4.34. The van der Waals surface area contributed by atoms with E-state index in [4.69, 9.17) is 14.2 Å². The van der Waals surface area contributed by atoms with Crippen molar-refractivity contribution in [2.75, 3.05) is 43.6 Å². The van der Waals surface area contributed by atoms with Crippen LogP contribution in [0, 0.1) is 0 Å². The van der Waals surface area contributed by atoms with E-state index >= 15 is 0 Å². The van der Waals surface area contributed by atoms with E-state index in [0.29, 0.717) is 6.54 Å². The highest BCUT2D eigenvalue weighted by molar-refractivity contribution is 5.39. The average Bonchev–Trinajstić information content (AvgIpc) is 3.19. The molecule has 33 heavy (non-hydrogen) atoms. The Balaban J connectivity index is 1.29. The third-order valence-corrected chi connectivity index (χ3v) is 6.21. The van der Waals surface area contributed by atoms with Crippen molar-refractivity contribution in [1.29, 1.82) is 0 Å². The van der Waals surface area contributed by atoms with Crippen LogP contribution in [0.5, 0.6) is 5.88 Å². The van der Waals surface area contributed by atoms with E-state index in [2.05, 4.69) is 34.9 Å². The molecule has 5 heterocycles. The normalized spacial score (nSPS) is 23.7. The van der Waals surface area contributed by atoms with Crippen molar-refractivity contribution in [1.82, 2.24) is 24.7 Å². The highest BCUT2D eigenvalue weighted by Gasteiger charge is 2.38. The van der Waals surface area contributed by atoms with Crippen molar-refractivity contribution in [3.05, 3.63) is 17.6 Å². The molecule has 2 aromatic rings. The SMILES string of the molecule is CO[C@H]1CCn2c(nnc2N2CCC[C@@H](Nc3ncc(C(F)(F)F)c(OC4COC4)n3)C2)C1. The Labute approximate surface area is 188 Å². The van der Waals surface area contributed by atoms with E-state index < -0.39 is 23.7 Å². The van der Waals surface area contributed by atoms with Gasteiger partial charge in [-0.15, -0.1) is 10.2 Å². The Morgan fingerprint density at radius 1 is 1.15 bits per heavy atom. The summed E-state index contributed by atoms with van der Waals surface area (Å²) in [7, 11) is 1.71. The summed E-state index contributed by atoms with van der Waals surface area (Å²) >= 11 is 0. The van der Waals surface area contributed by atoms with Crippen LogP contribution < -0.4 is 15.0 Å². The van der Waals surface area contributed by atoms with E-state index in [1.807, 2.05) is 0 Å². The highest BCUT2D eigenvalue weighted by Crippen LogP contribution is 2.36. The van der Waals surface area contributed by atoms with Crippen molar-refractivity contribution in [2.45, 2.75) is 56.7 Å². The molecule has 2 fully saturated rings. The molecule has 0 aromatic carbocycles. The molecule has 13 heteroatoms. The predicted octanol–water partition coefficient (Wildman–Crippen LogP) is 1.91. The van der Waals surface area contributed by atoms with Gasteiger partial charge in [-0.2, -0.15) is 18.2 Å². The third kappa shape index (κ3) is 4.69. The minimum atomic E-state index is -4.60. The van der Waals surface area contributed by atoms with Gasteiger partial charge in [-0.25, -0.2) is 4.98 Å². The second-order valence-corrected chi connectivity index (χ2v) is 8.54. The van der Waals surface area contributed by atoms with E-state index in [1.165, 1.54) is 0 Å². The van der Waals surface area contributed by atoms with Crippen LogP contribution in [0.25, 0.3) is 0 Å². The van der Waals surface area contributed by atoms with Crippen molar-refractivity contribution in [3.63, 3.8) is 0 Å². The van der Waals surface area contributed by atoms with Gasteiger partial charge in [0.2, 0.25) is 17.8 Å². The maximum Gasteiger partial charge on any atom is 0.423 e. The molecular weight excluding hydrogens is 443 g/mol. The summed E-state index contributed by atoms with van der Waals surface area (Å²) in [5.41, 5.74) is -0.991. The van der Waals surface area contributed by atoms with E-state index in [9.17, 15) is 13.2 Å². The fraction of sp³-hybridized carbons (Fsp3) is 0.700. The lowest BCUT2D eigenvalue weighted by atomic mass is 10.1. The lowest BCUT2D eigenvalue weighted by molar-refractivity contribution is -0.142. The minimum absolute atomic E-state index is 0.0568. The molecular formula is C20H26F3N7O3. The first kappa shape index (κ1) is 22.1. The van der Waals surface area contributed by atoms with Gasteiger partial charge in [0.25, 0.3) is 0 Å². The lowest BCUT2D eigenvalue weighted by Gasteiger charge is -2.34. The van der Waals surface area contributed by atoms with Crippen molar-refractivity contribution < 1.29 is 27.4 Å². The largest absolute Gasteiger partial charge is 0.469 e. The van der Waals surface area contributed by atoms with Crippen LogP contribution in [-0.2, 0) is 28.6 Å². The van der Waals surface area contributed by atoms with Crippen LogP contribution in [0.4, 0.5) is 25.1 Å². The molecule has 3 aliphatic rings. The Hall–Kier alpha value is -2.67. The Bertz CT molecular complexity index is 982. The van der Waals surface area contributed by atoms with E-state index in [1.54, 1.807) is 7.11 Å². The molecule has 3 aliphatic heterocycles. The van der Waals surface area contributed by atoms with E-state index in [-0.39, 0.29) is 31.3 Å². The summed E-state index contributed by atoms with van der Waals surface area (Å²) in [4.78, 5) is 10.1. The number of piperidine rings is 1. The molecule has 2 atom stereocenters. The quantitative estimate of drug-likeness (QED) is 0.680. The number of aromatic nitrogens is 5. The molecule has 0 radical (unpaired) electrons. The smallest absolute Gasteiger partial charge is 0.423 e. The van der Waals surface area contributed by atoms with Crippen molar-refractivity contribution in [3.8, 4) is 5.88 Å². The molecule has 1 N–H and O–H groups in total. The average molecular weight is 469 g/mol. The zero-order valence-electron chi connectivity index (χ0n) is 18.2. The van der Waals surface area contributed by atoms with Crippen LogP contribution in [0.15, 0.2) is 6.20 Å². The first-order valence-corrected chi connectivity index (χ1v) is 11.1. The third-order valence-electron chi connectivity index (χ3n) is 6.21. The maximum absolute atomic E-state index is 13.4. The monoisotopic (exact) mass is 469 g/mol. The Morgan fingerprint density at radius 2 is 2.00 bits per heavy atom. The topological polar surface area (TPSA) is 99.5 Å². The number of anilines is 2. The number of rotatable bonds is 6. The van der Waals surface area contributed by atoms with Crippen LogP contribution in [0.1, 0.15) is 30.7 Å². The van der Waals surface area contributed by atoms with Crippen LogP contribution in [-0.4, -0.2) is 76.4 Å². The Morgan fingerprint density at radius 3 is 2.73 bits per heavy atom. The summed E-state index contributed by atoms with van der Waals surface area (Å²) in [6, 6.07) is -0.0568. The highest BCUT2D eigenvalue weighted by atomic mass is 19.4. The molecule has 10 nitrogen and oxygen atoms in total. The lowest BCUT2D eigenvalue weighted by Crippen LogP contribution is -2.44. The fourth-order valence-corrected chi connectivity index (χ4v) is 4.34. The number of hydrogen-bond donors (Lipinski definition) is 1. The number of alkyl halides is 3. The van der Waals surface area contributed by atoms with Gasteiger partial charge < -0.3 is 24.4 Å². The molecule has 180 valence electrons. The molecule has 0 saturated carbocycles. The number of nitrogens with one attached hydrogen (secondary N) is 1. The summed E-state index contributed by atoms with van der Waals surface area (Å²) in [5.74, 6) is 1.36. The first-order valence-electron chi connectivity index (χ1n) is 11.1. The number of fused-ring (bicyclic) bond motifs is 1. The number of halogens is 3. The zero-order chi connectivity index (χ0) is 23.0. The first-order chi connectivity index (χ1) is 15.9. The van der Waals surface area contributed by atoms with E-state index in [0.717, 1.165) is 56.7 Å². The maximum atomic E-state index is 13.4. The van der Waals surface area contributed by atoms with Gasteiger partial charge in [-0.3, -0.25) is 4.57 Å². The standard InChI is InChI=1S/C20H26F3N7O3/c1-31-13-4-6-30-16(7-13)27-28-19(30)29-5-2-3-12(9-29)25-18-24-8-15(20(21,22)23)17(26-18)33-14-10-32-11-14/h8,12-14H,2-7,9-11H2,1H3,(H,24,25,26)/t12-,13+/m1/s1. The van der Waals surface area contributed by atoms with Crippen LogP contribution >= 0.6 is 0 Å². The van der Waals surface area contributed by atoms with Crippen LogP contribution in [0.2, 0.25) is 0 Å². The number of methoxy groups -OCH3 is 1. The molecule has 0 spiro atoms. The number of nitrogens with zero attached hydrogens (tertiary/aromatic N) is 6.